The molecule has 5 nitrogen and oxygen atoms in total. The lowest BCUT2D eigenvalue weighted by molar-refractivity contribution is 0.793. The predicted molar refractivity (Wildman–Crippen MR) is 70.3 cm³/mol. The van der Waals surface area contributed by atoms with Crippen molar-refractivity contribution in [3.05, 3.63) is 33.9 Å². The van der Waals surface area contributed by atoms with Crippen LogP contribution in [0.15, 0.2) is 16.7 Å². The number of nitrogens with zero attached hydrogens (tertiary/aromatic N) is 5. The van der Waals surface area contributed by atoms with Crippen molar-refractivity contribution in [2.75, 3.05) is 0 Å². The molecule has 0 aliphatic carbocycles. The van der Waals surface area contributed by atoms with E-state index >= 15 is 0 Å². The van der Waals surface area contributed by atoms with Gasteiger partial charge in [0.15, 0.2) is 11.5 Å². The maximum Gasteiger partial charge on any atom is 0.177 e. The topological polar surface area (TPSA) is 67.4 Å². The molecule has 2 rings (SSSR count). The van der Waals surface area contributed by atoms with Crippen molar-refractivity contribution in [2.24, 2.45) is 0 Å². The largest absolute Gasteiger partial charge is 0.238 e. The highest BCUT2D eigenvalue weighted by atomic mass is 79.9. The van der Waals surface area contributed by atoms with Crippen molar-refractivity contribution in [3.8, 4) is 11.9 Å². The summed E-state index contributed by atoms with van der Waals surface area (Å²) < 4.78 is 2.27. The van der Waals surface area contributed by atoms with E-state index in [1.807, 2.05) is 26.0 Å². The van der Waals surface area contributed by atoms with Crippen molar-refractivity contribution in [1.29, 1.82) is 5.26 Å². The molecule has 6 heteroatoms. The van der Waals surface area contributed by atoms with Gasteiger partial charge >= 0.3 is 0 Å². The summed E-state index contributed by atoms with van der Waals surface area (Å²) in [6.07, 6.45) is 3.35. The molecule has 0 aromatic carbocycles. The zero-order valence-corrected chi connectivity index (χ0v) is 11.8. The minimum Gasteiger partial charge on any atom is -0.238 e. The average molecular weight is 306 g/mol. The Morgan fingerprint density at radius 2 is 2.11 bits per heavy atom. The molecular formula is C12H12BrN5. The summed E-state index contributed by atoms with van der Waals surface area (Å²) in [6, 6.07) is 3.91. The van der Waals surface area contributed by atoms with E-state index in [9.17, 15) is 0 Å². The van der Waals surface area contributed by atoms with Gasteiger partial charge in [-0.25, -0.2) is 14.6 Å². The number of aromatic nitrogens is 4. The van der Waals surface area contributed by atoms with Crippen LogP contribution >= 0.6 is 15.9 Å². The first kappa shape index (κ1) is 12.7. The second kappa shape index (κ2) is 5.27. The maximum absolute atomic E-state index is 8.89. The van der Waals surface area contributed by atoms with Crippen LogP contribution in [-0.4, -0.2) is 19.7 Å². The van der Waals surface area contributed by atoms with Gasteiger partial charge in [-0.3, -0.25) is 0 Å². The minimum absolute atomic E-state index is 0.352. The third kappa shape index (κ3) is 2.41. The Morgan fingerprint density at radius 1 is 1.33 bits per heavy atom. The van der Waals surface area contributed by atoms with Gasteiger partial charge in [0, 0.05) is 24.4 Å². The van der Waals surface area contributed by atoms with Crippen LogP contribution in [0.25, 0.3) is 5.82 Å². The molecule has 0 spiro atoms. The van der Waals surface area contributed by atoms with Crippen molar-refractivity contribution in [1.82, 2.24) is 19.7 Å². The highest BCUT2D eigenvalue weighted by Gasteiger charge is 2.10. The van der Waals surface area contributed by atoms with Gasteiger partial charge < -0.3 is 0 Å². The molecule has 0 bridgehead atoms. The maximum atomic E-state index is 8.89. The molecule has 0 aliphatic rings. The van der Waals surface area contributed by atoms with Gasteiger partial charge in [0.2, 0.25) is 0 Å². The predicted octanol–water partition coefficient (Wildman–Crippen LogP) is 2.42. The molecule has 0 N–H and O–H groups in total. The number of hydrogen-bond acceptors (Lipinski definition) is 4. The molecule has 2 aromatic heterocycles. The van der Waals surface area contributed by atoms with E-state index in [0.717, 1.165) is 24.4 Å². The molecule has 0 aliphatic heterocycles. The van der Waals surface area contributed by atoms with Crippen LogP contribution in [0.1, 0.15) is 31.1 Å². The van der Waals surface area contributed by atoms with Crippen LogP contribution in [-0.2, 0) is 12.8 Å². The summed E-state index contributed by atoms with van der Waals surface area (Å²) in [6.45, 7) is 4.06. The summed E-state index contributed by atoms with van der Waals surface area (Å²) in [7, 11) is 0. The number of nitriles is 1. The Morgan fingerprint density at radius 3 is 2.67 bits per heavy atom. The van der Waals surface area contributed by atoms with Crippen molar-refractivity contribution in [2.45, 2.75) is 26.7 Å². The molecule has 0 saturated carbocycles. The van der Waals surface area contributed by atoms with Crippen LogP contribution in [0.3, 0.4) is 0 Å². The van der Waals surface area contributed by atoms with Gasteiger partial charge in [0.05, 0.1) is 4.47 Å². The first-order chi connectivity index (χ1) is 8.67. The number of hydrogen-bond donors (Lipinski definition) is 0. The second-order valence-electron chi connectivity index (χ2n) is 3.72. The summed E-state index contributed by atoms with van der Waals surface area (Å²) in [5.41, 5.74) is 1.33. The highest BCUT2D eigenvalue weighted by Crippen LogP contribution is 2.17. The van der Waals surface area contributed by atoms with Crippen LogP contribution in [0.5, 0.6) is 0 Å². The lowest BCUT2D eigenvalue weighted by Gasteiger charge is -2.05. The van der Waals surface area contributed by atoms with Crippen molar-refractivity contribution in [3.63, 3.8) is 0 Å². The third-order valence-electron chi connectivity index (χ3n) is 2.50. The fraction of sp³-hybridized carbons (Fsp3) is 0.333. The molecule has 0 unspecified atom stereocenters. The molecule has 0 radical (unpaired) electrons. The molecular weight excluding hydrogens is 294 g/mol. The molecule has 0 saturated heterocycles. The quantitative estimate of drug-likeness (QED) is 0.873. The van der Waals surface area contributed by atoms with Crippen LogP contribution < -0.4 is 0 Å². The average Bonchev–Trinajstić information content (AvgIpc) is 2.79. The van der Waals surface area contributed by atoms with Gasteiger partial charge in [-0.1, -0.05) is 13.8 Å². The van der Waals surface area contributed by atoms with Gasteiger partial charge in [0.1, 0.15) is 11.9 Å². The summed E-state index contributed by atoms with van der Waals surface area (Å²) in [4.78, 5) is 8.83. The van der Waals surface area contributed by atoms with Crippen LogP contribution in [0, 0.1) is 11.3 Å². The normalized spacial score (nSPS) is 10.3. The fourth-order valence-electron chi connectivity index (χ4n) is 1.54. The first-order valence-corrected chi connectivity index (χ1v) is 6.49. The van der Waals surface area contributed by atoms with E-state index in [4.69, 9.17) is 5.26 Å². The van der Waals surface area contributed by atoms with Crippen LogP contribution in [0.4, 0.5) is 0 Å². The fourth-order valence-corrected chi connectivity index (χ4v) is 1.90. The molecule has 18 heavy (non-hydrogen) atoms. The standard InChI is InChI=1S/C12H12BrN5/c1-3-8-5-12(16-11(4-2)15-8)18-7-9(13)10(6-14)17-18/h5,7H,3-4H2,1-2H3. The van der Waals surface area contributed by atoms with E-state index in [2.05, 4.69) is 31.0 Å². The third-order valence-corrected chi connectivity index (χ3v) is 3.08. The van der Waals surface area contributed by atoms with Gasteiger partial charge in [-0.05, 0) is 22.4 Å². The molecule has 2 aromatic rings. The Bertz CT molecular complexity index is 589. The summed E-state index contributed by atoms with van der Waals surface area (Å²) in [5.74, 6) is 1.48. The Hall–Kier alpha value is -1.74. The van der Waals surface area contributed by atoms with E-state index in [0.29, 0.717) is 16.0 Å². The smallest absolute Gasteiger partial charge is 0.177 e. The monoisotopic (exact) mass is 305 g/mol. The second-order valence-corrected chi connectivity index (χ2v) is 4.58. The van der Waals surface area contributed by atoms with E-state index in [1.165, 1.54) is 0 Å². The highest BCUT2D eigenvalue weighted by molar-refractivity contribution is 9.10. The van der Waals surface area contributed by atoms with E-state index in [1.54, 1.807) is 10.9 Å². The SMILES string of the molecule is CCc1cc(-n2cc(Br)c(C#N)n2)nc(CC)n1. The summed E-state index contributed by atoms with van der Waals surface area (Å²) in [5, 5.41) is 13.1. The van der Waals surface area contributed by atoms with E-state index < -0.39 is 0 Å². The van der Waals surface area contributed by atoms with Crippen LogP contribution in [0.2, 0.25) is 0 Å². The Balaban J connectivity index is 2.52. The molecule has 0 fully saturated rings. The molecule has 0 amide bonds. The van der Waals surface area contributed by atoms with Crippen molar-refractivity contribution < 1.29 is 0 Å². The first-order valence-electron chi connectivity index (χ1n) is 5.70. The van der Waals surface area contributed by atoms with Gasteiger partial charge in [-0.2, -0.15) is 10.4 Å². The zero-order valence-electron chi connectivity index (χ0n) is 10.2. The van der Waals surface area contributed by atoms with Gasteiger partial charge in [-0.15, -0.1) is 0 Å². The molecule has 0 atom stereocenters. The summed E-state index contributed by atoms with van der Waals surface area (Å²) >= 11 is 3.30. The minimum atomic E-state index is 0.352. The lowest BCUT2D eigenvalue weighted by Crippen LogP contribution is -2.05. The van der Waals surface area contributed by atoms with E-state index in [-0.39, 0.29) is 0 Å². The number of halogens is 1. The Labute approximate surface area is 114 Å². The zero-order chi connectivity index (χ0) is 13.1. The molecule has 2 heterocycles. The molecule has 92 valence electrons. The number of rotatable bonds is 3. The van der Waals surface area contributed by atoms with Crippen molar-refractivity contribution >= 4 is 15.9 Å². The number of aryl methyl sites for hydroxylation is 2. The Kier molecular flexibility index (Phi) is 3.72. The van der Waals surface area contributed by atoms with Gasteiger partial charge in [0.25, 0.3) is 0 Å². The lowest BCUT2D eigenvalue weighted by atomic mass is 10.3.